The van der Waals surface area contributed by atoms with E-state index in [1.807, 2.05) is 0 Å². The molecule has 0 unspecified atom stereocenters. The third kappa shape index (κ3) is 4.25. The van der Waals surface area contributed by atoms with Crippen LogP contribution in [0, 0.1) is 11.8 Å². The lowest BCUT2D eigenvalue weighted by molar-refractivity contribution is 0.0987. The van der Waals surface area contributed by atoms with Gasteiger partial charge in [-0.15, -0.1) is 5.92 Å². The summed E-state index contributed by atoms with van der Waals surface area (Å²) >= 11 is 0. The summed E-state index contributed by atoms with van der Waals surface area (Å²) in [6.45, 7) is 1.95. The molecule has 0 aliphatic heterocycles. The highest BCUT2D eigenvalue weighted by Crippen LogP contribution is 2.09. The van der Waals surface area contributed by atoms with Crippen molar-refractivity contribution in [2.24, 2.45) is 0 Å². The van der Waals surface area contributed by atoms with E-state index in [0.717, 1.165) is 11.8 Å². The van der Waals surface area contributed by atoms with Gasteiger partial charge in [0, 0.05) is 12.0 Å². The molecule has 0 fully saturated rings. The van der Waals surface area contributed by atoms with Crippen LogP contribution < -0.4 is 4.74 Å². The van der Waals surface area contributed by atoms with Gasteiger partial charge in [0.1, 0.15) is 12.0 Å². The van der Waals surface area contributed by atoms with E-state index in [0.29, 0.717) is 11.4 Å². The molecule has 0 bridgehead atoms. The molecule has 22 heavy (non-hydrogen) atoms. The first kappa shape index (κ1) is 15.4. The van der Waals surface area contributed by atoms with Gasteiger partial charge in [-0.3, -0.25) is 9.59 Å². The maximum Gasteiger partial charge on any atom is 0.233 e. The number of Topliss-reactive ketones (excluding diaryl/α,β-unsaturated/α-hetero) is 1. The molecule has 2 rings (SSSR count). The molecule has 0 spiro atoms. The molecule has 1 aromatic carbocycles. The molecular formula is C17H14N2O3. The van der Waals surface area contributed by atoms with E-state index in [1.165, 1.54) is 12.4 Å². The monoisotopic (exact) mass is 294 g/mol. The fourth-order valence-corrected chi connectivity index (χ4v) is 1.77. The number of ketones is 1. The Hall–Kier alpha value is -3.00. The van der Waals surface area contributed by atoms with Crippen molar-refractivity contribution in [3.63, 3.8) is 0 Å². The SMILES string of the molecule is CC#CCOc1cnc(C(=O)Cc2cccc(C=O)c2)cn1. The molecule has 0 saturated heterocycles. The van der Waals surface area contributed by atoms with Gasteiger partial charge in [0.25, 0.3) is 0 Å². The van der Waals surface area contributed by atoms with Gasteiger partial charge in [0.05, 0.1) is 12.4 Å². The molecule has 2 aromatic rings. The Morgan fingerprint density at radius 3 is 2.86 bits per heavy atom. The average Bonchev–Trinajstić information content (AvgIpc) is 2.56. The van der Waals surface area contributed by atoms with Gasteiger partial charge in [-0.1, -0.05) is 24.1 Å². The van der Waals surface area contributed by atoms with Crippen LogP contribution in [-0.2, 0) is 6.42 Å². The van der Waals surface area contributed by atoms with Crippen LogP contribution in [0.4, 0.5) is 0 Å². The number of aldehydes is 1. The molecule has 0 aliphatic carbocycles. The van der Waals surface area contributed by atoms with Crippen molar-refractivity contribution in [2.45, 2.75) is 13.3 Å². The summed E-state index contributed by atoms with van der Waals surface area (Å²) < 4.78 is 5.23. The average molecular weight is 294 g/mol. The number of hydrogen-bond acceptors (Lipinski definition) is 5. The maximum atomic E-state index is 12.1. The largest absolute Gasteiger partial charge is 0.463 e. The van der Waals surface area contributed by atoms with E-state index in [1.54, 1.807) is 31.2 Å². The van der Waals surface area contributed by atoms with Crippen molar-refractivity contribution in [3.05, 3.63) is 53.5 Å². The van der Waals surface area contributed by atoms with Gasteiger partial charge in [-0.2, -0.15) is 0 Å². The first-order valence-electron chi connectivity index (χ1n) is 6.64. The molecule has 5 heteroatoms. The van der Waals surface area contributed by atoms with Gasteiger partial charge in [-0.05, 0) is 18.6 Å². The molecule has 0 saturated carbocycles. The van der Waals surface area contributed by atoms with Gasteiger partial charge < -0.3 is 4.74 Å². The number of carbonyl (C=O) groups excluding carboxylic acids is 2. The van der Waals surface area contributed by atoms with Crippen LogP contribution in [0.15, 0.2) is 36.7 Å². The van der Waals surface area contributed by atoms with Gasteiger partial charge in [0.2, 0.25) is 5.88 Å². The molecule has 0 amide bonds. The van der Waals surface area contributed by atoms with Crippen molar-refractivity contribution in [1.29, 1.82) is 0 Å². The van der Waals surface area contributed by atoms with Crippen molar-refractivity contribution in [3.8, 4) is 17.7 Å². The first-order chi connectivity index (χ1) is 10.7. The summed E-state index contributed by atoms with van der Waals surface area (Å²) in [4.78, 5) is 30.9. The molecule has 0 atom stereocenters. The number of aromatic nitrogens is 2. The summed E-state index contributed by atoms with van der Waals surface area (Å²) in [7, 11) is 0. The Labute approximate surface area is 128 Å². The first-order valence-corrected chi connectivity index (χ1v) is 6.64. The van der Waals surface area contributed by atoms with Crippen LogP contribution >= 0.6 is 0 Å². The lowest BCUT2D eigenvalue weighted by Crippen LogP contribution is -2.07. The number of rotatable bonds is 6. The van der Waals surface area contributed by atoms with Crippen molar-refractivity contribution in [1.82, 2.24) is 9.97 Å². The van der Waals surface area contributed by atoms with E-state index in [-0.39, 0.29) is 24.5 Å². The van der Waals surface area contributed by atoms with Gasteiger partial charge >= 0.3 is 0 Å². The second-order valence-corrected chi connectivity index (χ2v) is 4.42. The van der Waals surface area contributed by atoms with Crippen LogP contribution in [0.3, 0.4) is 0 Å². The Bertz CT molecular complexity index is 728. The summed E-state index contributed by atoms with van der Waals surface area (Å²) in [6.07, 6.45) is 3.68. The maximum absolute atomic E-state index is 12.1. The van der Waals surface area contributed by atoms with E-state index < -0.39 is 0 Å². The summed E-state index contributed by atoms with van der Waals surface area (Å²) in [5.74, 6) is 5.59. The molecule has 0 radical (unpaired) electrons. The van der Waals surface area contributed by atoms with E-state index in [4.69, 9.17) is 4.74 Å². The predicted octanol–water partition coefficient (Wildman–Crippen LogP) is 2.12. The third-order valence-electron chi connectivity index (χ3n) is 2.83. The number of benzene rings is 1. The minimum atomic E-state index is -0.171. The molecule has 1 aromatic heterocycles. The van der Waals surface area contributed by atoms with Crippen molar-refractivity contribution in [2.75, 3.05) is 6.61 Å². The van der Waals surface area contributed by atoms with Gasteiger partial charge in [0.15, 0.2) is 12.4 Å². The normalized spacial score (nSPS) is 9.50. The molecule has 0 aliphatic rings. The fourth-order valence-electron chi connectivity index (χ4n) is 1.77. The minimum Gasteiger partial charge on any atom is -0.463 e. The van der Waals surface area contributed by atoms with Crippen LogP contribution in [0.1, 0.15) is 33.3 Å². The lowest BCUT2D eigenvalue weighted by atomic mass is 10.1. The highest BCUT2D eigenvalue weighted by Gasteiger charge is 2.10. The zero-order chi connectivity index (χ0) is 15.8. The Morgan fingerprint density at radius 1 is 1.32 bits per heavy atom. The van der Waals surface area contributed by atoms with Crippen LogP contribution in [0.25, 0.3) is 0 Å². The van der Waals surface area contributed by atoms with Crippen LogP contribution in [-0.4, -0.2) is 28.6 Å². The van der Waals surface area contributed by atoms with Crippen molar-refractivity contribution < 1.29 is 14.3 Å². The number of ether oxygens (including phenoxy) is 1. The van der Waals surface area contributed by atoms with E-state index >= 15 is 0 Å². The van der Waals surface area contributed by atoms with E-state index in [2.05, 4.69) is 21.8 Å². The Morgan fingerprint density at radius 2 is 2.18 bits per heavy atom. The highest BCUT2D eigenvalue weighted by atomic mass is 16.5. The van der Waals surface area contributed by atoms with Crippen LogP contribution in [0.5, 0.6) is 5.88 Å². The fraction of sp³-hybridized carbons (Fsp3) is 0.176. The molecule has 110 valence electrons. The standard InChI is InChI=1S/C17H14N2O3/c1-2-3-7-22-17-11-18-15(10-19-17)16(21)9-13-5-4-6-14(8-13)12-20/h4-6,8,10-12H,7,9H2,1H3. The number of hydrogen-bond donors (Lipinski definition) is 0. The zero-order valence-corrected chi connectivity index (χ0v) is 12.1. The quantitative estimate of drug-likeness (QED) is 0.463. The zero-order valence-electron chi connectivity index (χ0n) is 12.1. The third-order valence-corrected chi connectivity index (χ3v) is 2.83. The number of carbonyl (C=O) groups is 2. The van der Waals surface area contributed by atoms with Crippen LogP contribution in [0.2, 0.25) is 0 Å². The molecule has 1 heterocycles. The second kappa shape index (κ2) is 7.70. The molecule has 5 nitrogen and oxygen atoms in total. The summed E-state index contributed by atoms with van der Waals surface area (Å²) in [6, 6.07) is 6.90. The molecule has 0 N–H and O–H groups in total. The predicted molar refractivity (Wildman–Crippen MR) is 80.8 cm³/mol. The summed E-state index contributed by atoms with van der Waals surface area (Å²) in [5.41, 5.74) is 1.55. The Kier molecular flexibility index (Phi) is 5.38. The number of nitrogens with zero attached hydrogens (tertiary/aromatic N) is 2. The second-order valence-electron chi connectivity index (χ2n) is 4.42. The molecular weight excluding hydrogens is 280 g/mol. The van der Waals surface area contributed by atoms with E-state index in [9.17, 15) is 9.59 Å². The summed E-state index contributed by atoms with van der Waals surface area (Å²) in [5, 5.41) is 0. The van der Waals surface area contributed by atoms with Gasteiger partial charge in [-0.25, -0.2) is 9.97 Å². The van der Waals surface area contributed by atoms with Crippen molar-refractivity contribution >= 4 is 12.1 Å². The smallest absolute Gasteiger partial charge is 0.233 e. The lowest BCUT2D eigenvalue weighted by Gasteiger charge is -2.03. The topological polar surface area (TPSA) is 69.2 Å². The minimum absolute atomic E-state index is 0.165. The highest BCUT2D eigenvalue weighted by molar-refractivity contribution is 5.95. The Balaban J connectivity index is 2.02.